The summed E-state index contributed by atoms with van der Waals surface area (Å²) in [4.78, 5) is 1.89. The van der Waals surface area contributed by atoms with E-state index < -0.39 is 7.60 Å². The van der Waals surface area contributed by atoms with Crippen molar-refractivity contribution in [2.45, 2.75) is 72.4 Å². The molecule has 4 nitrogen and oxygen atoms in total. The summed E-state index contributed by atoms with van der Waals surface area (Å²) in [6, 6.07) is 0. The topological polar surface area (TPSA) is 38.8 Å². The van der Waals surface area contributed by atoms with E-state index in [-0.39, 0.29) is 18.0 Å². The van der Waals surface area contributed by atoms with Crippen molar-refractivity contribution in [2.75, 3.05) is 12.8 Å². The fraction of sp³-hybridized carbons (Fsp3) is 0.929. The molecule has 0 radical (unpaired) electrons. The molecule has 0 bridgehead atoms. The Labute approximate surface area is 139 Å². The highest BCUT2D eigenvalue weighted by atomic mass is 32.2. The Morgan fingerprint density at radius 3 is 2.00 bits per heavy atom. The summed E-state index contributed by atoms with van der Waals surface area (Å²) < 4.78 is 25.5. The van der Waals surface area contributed by atoms with Gasteiger partial charge in [-0.2, -0.15) is 0 Å². The van der Waals surface area contributed by atoms with Crippen LogP contribution >= 0.6 is 31.6 Å². The van der Waals surface area contributed by atoms with Crippen LogP contribution in [0.5, 0.6) is 0 Å². The molecule has 1 unspecified atom stereocenters. The van der Waals surface area contributed by atoms with Gasteiger partial charge in [-0.25, -0.2) is 0 Å². The number of rotatable bonds is 9. The average molecular weight is 356 g/mol. The van der Waals surface area contributed by atoms with E-state index in [1.807, 2.05) is 39.6 Å². The predicted molar refractivity (Wildman–Crippen MR) is 97.2 cm³/mol. The van der Waals surface area contributed by atoms with Crippen LogP contribution in [0.1, 0.15) is 54.4 Å². The first-order valence-corrected chi connectivity index (χ1v) is 10.5. The number of hydrogen-bond donors (Lipinski definition) is 0. The largest absolute Gasteiger partial charge is 0.353 e. The van der Waals surface area contributed by atoms with Crippen molar-refractivity contribution in [2.24, 2.45) is 0 Å². The van der Waals surface area contributed by atoms with Crippen molar-refractivity contribution in [3.05, 3.63) is 0 Å². The van der Waals surface area contributed by atoms with Gasteiger partial charge in [0.1, 0.15) is 10.1 Å². The van der Waals surface area contributed by atoms with Gasteiger partial charge in [0.2, 0.25) is 0 Å². The summed E-state index contributed by atoms with van der Waals surface area (Å²) in [5.74, 6) is 0.557. The van der Waals surface area contributed by atoms with Crippen molar-refractivity contribution >= 4 is 35.9 Å². The zero-order chi connectivity index (χ0) is 16.6. The van der Waals surface area contributed by atoms with Gasteiger partial charge in [-0.15, -0.1) is 0 Å². The fourth-order valence-corrected chi connectivity index (χ4v) is 5.76. The molecule has 0 aliphatic heterocycles. The fourth-order valence-electron chi connectivity index (χ4n) is 1.92. The lowest BCUT2D eigenvalue weighted by Crippen LogP contribution is -2.36. The molecule has 0 saturated carbocycles. The van der Waals surface area contributed by atoms with Crippen molar-refractivity contribution in [1.29, 1.82) is 0 Å². The van der Waals surface area contributed by atoms with E-state index in [9.17, 15) is 4.57 Å². The highest BCUT2D eigenvalue weighted by Crippen LogP contribution is 2.57. The van der Waals surface area contributed by atoms with Gasteiger partial charge in [0.25, 0.3) is 0 Å². The second-order valence-corrected chi connectivity index (χ2v) is 9.42. The van der Waals surface area contributed by atoms with Crippen LogP contribution in [0, 0.1) is 0 Å². The highest BCUT2D eigenvalue weighted by molar-refractivity contribution is 8.22. The third kappa shape index (κ3) is 7.47. The molecule has 1 atom stereocenters. The zero-order valence-corrected chi connectivity index (χ0v) is 16.8. The molecule has 0 saturated heterocycles. The number of nitrogens with zero attached hydrogens (tertiary/aromatic N) is 1. The Morgan fingerprint density at radius 1 is 1.19 bits per heavy atom. The van der Waals surface area contributed by atoms with E-state index in [0.29, 0.717) is 0 Å². The number of thioether (sulfide) groups is 1. The van der Waals surface area contributed by atoms with E-state index in [0.717, 1.165) is 22.9 Å². The molecule has 0 aromatic heterocycles. The van der Waals surface area contributed by atoms with Gasteiger partial charge in [-0.3, -0.25) is 4.57 Å². The van der Waals surface area contributed by atoms with E-state index in [1.54, 1.807) is 11.8 Å². The third-order valence-corrected chi connectivity index (χ3v) is 6.86. The van der Waals surface area contributed by atoms with Crippen LogP contribution in [0.15, 0.2) is 0 Å². The van der Waals surface area contributed by atoms with Crippen molar-refractivity contribution in [3.63, 3.8) is 0 Å². The molecular weight excluding hydrogens is 325 g/mol. The lowest BCUT2D eigenvalue weighted by molar-refractivity contribution is 0.126. The number of thiocarbonyl (C=S) groups is 1. The van der Waals surface area contributed by atoms with Gasteiger partial charge in [0, 0.05) is 7.05 Å². The van der Waals surface area contributed by atoms with Crippen LogP contribution in [-0.2, 0) is 13.6 Å². The molecule has 0 N–H and O–H groups in total. The van der Waals surface area contributed by atoms with Crippen LogP contribution in [0.4, 0.5) is 0 Å². The van der Waals surface area contributed by atoms with Gasteiger partial charge < -0.3 is 13.9 Å². The standard InChI is InChI=1S/C14H30NO3PS2/c1-8-10-13(15(7)14(20)21-9-2)19(16,17-11(3)4)18-12(5)6/h11-13H,8-10H2,1-7H3. The summed E-state index contributed by atoms with van der Waals surface area (Å²) in [5, 5.41) is 0. The summed E-state index contributed by atoms with van der Waals surface area (Å²) in [6.07, 6.45) is 1.29. The van der Waals surface area contributed by atoms with Gasteiger partial charge >= 0.3 is 7.60 Å². The van der Waals surface area contributed by atoms with E-state index in [4.69, 9.17) is 21.3 Å². The quantitative estimate of drug-likeness (QED) is 0.422. The van der Waals surface area contributed by atoms with Gasteiger partial charge in [0.05, 0.1) is 12.2 Å². The molecule has 21 heavy (non-hydrogen) atoms. The summed E-state index contributed by atoms with van der Waals surface area (Å²) >= 11 is 6.99. The van der Waals surface area contributed by atoms with Gasteiger partial charge in [-0.05, 0) is 39.9 Å². The molecule has 7 heteroatoms. The molecule has 0 spiro atoms. The summed E-state index contributed by atoms with van der Waals surface area (Å²) in [6.45, 7) is 11.6. The zero-order valence-electron chi connectivity index (χ0n) is 14.3. The predicted octanol–water partition coefficient (Wildman–Crippen LogP) is 5.13. The van der Waals surface area contributed by atoms with E-state index in [2.05, 4.69) is 13.8 Å². The van der Waals surface area contributed by atoms with Crippen molar-refractivity contribution in [3.8, 4) is 0 Å². The smallest absolute Gasteiger partial charge is 0.346 e. The number of hydrogen-bond acceptors (Lipinski definition) is 5. The Balaban J connectivity index is 5.39. The summed E-state index contributed by atoms with van der Waals surface area (Å²) in [7, 11) is -1.39. The maximum atomic E-state index is 13.3. The second kappa shape index (κ2) is 10.2. The summed E-state index contributed by atoms with van der Waals surface area (Å²) in [5.41, 5.74) is 0. The Hall–Kier alpha value is 0.390. The molecule has 126 valence electrons. The van der Waals surface area contributed by atoms with Crippen LogP contribution in [0.3, 0.4) is 0 Å². The second-order valence-electron chi connectivity index (χ2n) is 5.43. The molecule has 0 aromatic rings. The minimum Gasteiger partial charge on any atom is -0.346 e. The molecule has 0 amide bonds. The molecule has 0 rings (SSSR count). The molecular formula is C14H30NO3PS2. The maximum Gasteiger partial charge on any atom is 0.353 e. The Morgan fingerprint density at radius 2 is 1.67 bits per heavy atom. The first-order valence-electron chi connectivity index (χ1n) is 7.54. The first kappa shape index (κ1) is 21.4. The minimum atomic E-state index is -3.27. The Kier molecular flexibility index (Phi) is 10.4. The van der Waals surface area contributed by atoms with Gasteiger partial charge in [0.15, 0.2) is 0 Å². The van der Waals surface area contributed by atoms with Crippen molar-refractivity contribution in [1.82, 2.24) is 4.90 Å². The minimum absolute atomic E-state index is 0.158. The molecule has 0 aliphatic carbocycles. The molecule has 0 heterocycles. The van der Waals surface area contributed by atoms with Crippen LogP contribution in [0.2, 0.25) is 0 Å². The first-order chi connectivity index (χ1) is 9.67. The molecule has 0 fully saturated rings. The van der Waals surface area contributed by atoms with E-state index in [1.165, 1.54) is 0 Å². The lowest BCUT2D eigenvalue weighted by Gasteiger charge is -2.36. The SMILES string of the molecule is CCCC(N(C)C(=S)SCC)P(=O)(OC(C)C)OC(C)C. The van der Waals surface area contributed by atoms with Crippen molar-refractivity contribution < 1.29 is 13.6 Å². The van der Waals surface area contributed by atoms with Crippen LogP contribution in [0.25, 0.3) is 0 Å². The highest BCUT2D eigenvalue weighted by Gasteiger charge is 2.40. The normalized spacial score (nSPS) is 13.8. The van der Waals surface area contributed by atoms with Gasteiger partial charge in [-0.1, -0.05) is 44.2 Å². The molecule has 0 aromatic carbocycles. The average Bonchev–Trinajstić information content (AvgIpc) is 2.33. The van der Waals surface area contributed by atoms with Crippen LogP contribution in [-0.4, -0.2) is 40.0 Å². The van der Waals surface area contributed by atoms with E-state index >= 15 is 0 Å². The third-order valence-electron chi connectivity index (χ3n) is 2.63. The monoisotopic (exact) mass is 355 g/mol. The van der Waals surface area contributed by atoms with Crippen LogP contribution < -0.4 is 0 Å². The Bertz CT molecular complexity index is 350. The lowest BCUT2D eigenvalue weighted by atomic mass is 10.3. The molecule has 0 aliphatic rings. The maximum absolute atomic E-state index is 13.3.